The van der Waals surface area contributed by atoms with Crippen molar-refractivity contribution in [3.8, 4) is 0 Å². The van der Waals surface area contributed by atoms with Crippen LogP contribution in [0.5, 0.6) is 0 Å². The molecule has 0 spiro atoms. The normalized spacial score (nSPS) is 16.2. The van der Waals surface area contributed by atoms with E-state index in [9.17, 15) is 14.0 Å². The Morgan fingerprint density at radius 1 is 1.07 bits per heavy atom. The van der Waals surface area contributed by atoms with Gasteiger partial charge in [0.2, 0.25) is 11.8 Å². The third kappa shape index (κ3) is 4.43. The van der Waals surface area contributed by atoms with Gasteiger partial charge in [0.1, 0.15) is 5.82 Å². The molecule has 2 aromatic carbocycles. The fraction of sp³-hybridized carbons (Fsp3) is 0.125. The highest BCUT2D eigenvalue weighted by molar-refractivity contribution is 6.03. The largest absolute Gasteiger partial charge is 0.326 e. The minimum Gasteiger partial charge on any atom is -0.326 e. The molecule has 2 heterocycles. The first-order valence-corrected chi connectivity index (χ1v) is 9.65. The second kappa shape index (κ2) is 8.69. The summed E-state index contributed by atoms with van der Waals surface area (Å²) in [7, 11) is 0. The number of para-hydroxylation sites is 1. The summed E-state index contributed by atoms with van der Waals surface area (Å²) in [5.74, 6) is -1.52. The first-order valence-electron chi connectivity index (χ1n) is 9.65. The number of aromatic nitrogens is 1. The van der Waals surface area contributed by atoms with E-state index in [-0.39, 0.29) is 30.5 Å². The molecule has 1 aliphatic heterocycles. The van der Waals surface area contributed by atoms with E-state index in [1.54, 1.807) is 30.5 Å². The number of amides is 2. The fourth-order valence-electron chi connectivity index (χ4n) is 3.41. The molecule has 30 heavy (non-hydrogen) atoms. The second-order valence-corrected chi connectivity index (χ2v) is 7.06. The SMILES string of the molecule is O=C(Nc1cccc(C=Cc2ccccn2)c1)C1CC(=O)N(c2ccccc2F)C1. The van der Waals surface area contributed by atoms with E-state index >= 15 is 0 Å². The molecule has 5 nitrogen and oxygen atoms in total. The molecule has 1 saturated heterocycles. The predicted molar refractivity (Wildman–Crippen MR) is 115 cm³/mol. The van der Waals surface area contributed by atoms with Crippen molar-refractivity contribution < 1.29 is 14.0 Å². The number of hydrogen-bond donors (Lipinski definition) is 1. The first kappa shape index (κ1) is 19.5. The number of benzene rings is 2. The Morgan fingerprint density at radius 2 is 1.90 bits per heavy atom. The highest BCUT2D eigenvalue weighted by atomic mass is 19.1. The number of hydrogen-bond acceptors (Lipinski definition) is 3. The van der Waals surface area contributed by atoms with Crippen LogP contribution < -0.4 is 10.2 Å². The van der Waals surface area contributed by atoms with Gasteiger partial charge in [0.25, 0.3) is 0 Å². The standard InChI is InChI=1S/C24H20FN3O2/c25-21-9-1-2-10-22(21)28-16-18(15-23(28)29)24(30)27-20-8-5-6-17(14-20)11-12-19-7-3-4-13-26-19/h1-14,18H,15-16H2,(H,27,30). The summed E-state index contributed by atoms with van der Waals surface area (Å²) >= 11 is 0. The maximum absolute atomic E-state index is 14.0. The fourth-order valence-corrected chi connectivity index (χ4v) is 3.41. The summed E-state index contributed by atoms with van der Waals surface area (Å²) in [5.41, 5.74) is 2.60. The highest BCUT2D eigenvalue weighted by Crippen LogP contribution is 2.28. The molecule has 1 atom stereocenters. The van der Waals surface area contributed by atoms with Gasteiger partial charge < -0.3 is 10.2 Å². The van der Waals surface area contributed by atoms with E-state index < -0.39 is 11.7 Å². The van der Waals surface area contributed by atoms with Crippen molar-refractivity contribution >= 4 is 35.3 Å². The van der Waals surface area contributed by atoms with Gasteiger partial charge in [-0.25, -0.2) is 4.39 Å². The number of pyridine rings is 1. The van der Waals surface area contributed by atoms with Crippen molar-refractivity contribution in [2.24, 2.45) is 5.92 Å². The van der Waals surface area contributed by atoms with Gasteiger partial charge in [0.05, 0.1) is 17.3 Å². The molecule has 1 aliphatic rings. The minimum atomic E-state index is -0.537. The smallest absolute Gasteiger partial charge is 0.229 e. The number of rotatable bonds is 5. The van der Waals surface area contributed by atoms with Crippen LogP contribution in [0.25, 0.3) is 12.2 Å². The average Bonchev–Trinajstić information content (AvgIpc) is 3.15. The first-order chi connectivity index (χ1) is 14.6. The van der Waals surface area contributed by atoms with Crippen molar-refractivity contribution in [3.63, 3.8) is 0 Å². The molecule has 6 heteroatoms. The predicted octanol–water partition coefficient (Wildman–Crippen LogP) is 4.38. The van der Waals surface area contributed by atoms with Gasteiger partial charge in [0, 0.05) is 24.8 Å². The Morgan fingerprint density at radius 3 is 2.70 bits per heavy atom. The number of carbonyl (C=O) groups is 2. The quantitative estimate of drug-likeness (QED) is 0.690. The summed E-state index contributed by atoms with van der Waals surface area (Å²) in [6.07, 6.45) is 5.59. The van der Waals surface area contributed by atoms with Gasteiger partial charge in [-0.3, -0.25) is 14.6 Å². The van der Waals surface area contributed by atoms with Crippen LogP contribution in [0.1, 0.15) is 17.7 Å². The molecule has 1 N–H and O–H groups in total. The third-order valence-electron chi connectivity index (χ3n) is 4.93. The van der Waals surface area contributed by atoms with Crippen molar-refractivity contribution in [2.75, 3.05) is 16.8 Å². The van der Waals surface area contributed by atoms with Crippen molar-refractivity contribution in [3.05, 3.63) is 90.0 Å². The monoisotopic (exact) mass is 401 g/mol. The average molecular weight is 401 g/mol. The van der Waals surface area contributed by atoms with Crippen LogP contribution in [0, 0.1) is 11.7 Å². The summed E-state index contributed by atoms with van der Waals surface area (Å²) in [6, 6.07) is 19.2. The zero-order valence-electron chi connectivity index (χ0n) is 16.2. The molecule has 0 radical (unpaired) electrons. The lowest BCUT2D eigenvalue weighted by Crippen LogP contribution is -2.28. The summed E-state index contributed by atoms with van der Waals surface area (Å²) < 4.78 is 14.0. The van der Waals surface area contributed by atoms with E-state index in [1.807, 2.05) is 48.6 Å². The number of nitrogens with zero attached hydrogens (tertiary/aromatic N) is 2. The van der Waals surface area contributed by atoms with Crippen LogP contribution in [0.15, 0.2) is 72.9 Å². The lowest BCUT2D eigenvalue weighted by Gasteiger charge is -2.17. The highest BCUT2D eigenvalue weighted by Gasteiger charge is 2.36. The Balaban J connectivity index is 1.42. The van der Waals surface area contributed by atoms with E-state index in [4.69, 9.17) is 0 Å². The molecule has 0 bridgehead atoms. The van der Waals surface area contributed by atoms with E-state index in [0.29, 0.717) is 5.69 Å². The third-order valence-corrected chi connectivity index (χ3v) is 4.93. The Bertz CT molecular complexity index is 1100. The zero-order chi connectivity index (χ0) is 20.9. The topological polar surface area (TPSA) is 62.3 Å². The van der Waals surface area contributed by atoms with Crippen LogP contribution in [0.4, 0.5) is 15.8 Å². The van der Waals surface area contributed by atoms with Crippen LogP contribution in [0.3, 0.4) is 0 Å². The number of anilines is 2. The number of carbonyl (C=O) groups excluding carboxylic acids is 2. The van der Waals surface area contributed by atoms with Gasteiger partial charge in [-0.05, 0) is 48.0 Å². The lowest BCUT2D eigenvalue weighted by molar-refractivity contribution is -0.122. The van der Waals surface area contributed by atoms with E-state index in [1.165, 1.54) is 11.0 Å². The molecule has 4 rings (SSSR count). The Labute approximate surface area is 173 Å². The van der Waals surface area contributed by atoms with E-state index in [2.05, 4.69) is 10.3 Å². The van der Waals surface area contributed by atoms with Gasteiger partial charge in [-0.15, -0.1) is 0 Å². The summed E-state index contributed by atoms with van der Waals surface area (Å²) in [6.45, 7) is 0.158. The molecule has 1 unspecified atom stereocenters. The number of halogens is 1. The van der Waals surface area contributed by atoms with Gasteiger partial charge in [-0.2, -0.15) is 0 Å². The molecular formula is C24H20FN3O2. The van der Waals surface area contributed by atoms with Crippen molar-refractivity contribution in [1.82, 2.24) is 4.98 Å². The van der Waals surface area contributed by atoms with E-state index in [0.717, 1.165) is 11.3 Å². The van der Waals surface area contributed by atoms with Gasteiger partial charge in [0.15, 0.2) is 0 Å². The molecule has 1 aromatic heterocycles. The Kier molecular flexibility index (Phi) is 5.66. The minimum absolute atomic E-state index is 0.0550. The molecule has 1 fully saturated rings. The van der Waals surface area contributed by atoms with Crippen molar-refractivity contribution in [2.45, 2.75) is 6.42 Å². The zero-order valence-corrected chi connectivity index (χ0v) is 16.2. The van der Waals surface area contributed by atoms with Crippen LogP contribution in [-0.2, 0) is 9.59 Å². The Hall–Kier alpha value is -3.80. The maximum atomic E-state index is 14.0. The molecule has 2 amide bonds. The molecule has 0 aliphatic carbocycles. The van der Waals surface area contributed by atoms with Crippen LogP contribution in [-0.4, -0.2) is 23.3 Å². The molecular weight excluding hydrogens is 381 g/mol. The summed E-state index contributed by atoms with van der Waals surface area (Å²) in [4.78, 5) is 30.6. The maximum Gasteiger partial charge on any atom is 0.229 e. The van der Waals surface area contributed by atoms with Crippen molar-refractivity contribution in [1.29, 1.82) is 0 Å². The van der Waals surface area contributed by atoms with Crippen LogP contribution in [0.2, 0.25) is 0 Å². The molecule has 0 saturated carbocycles. The van der Waals surface area contributed by atoms with Gasteiger partial charge >= 0.3 is 0 Å². The summed E-state index contributed by atoms with van der Waals surface area (Å²) in [5, 5.41) is 2.87. The lowest BCUT2D eigenvalue weighted by atomic mass is 10.1. The second-order valence-electron chi connectivity index (χ2n) is 7.06. The molecule has 150 valence electrons. The molecule has 3 aromatic rings. The van der Waals surface area contributed by atoms with Gasteiger partial charge in [-0.1, -0.05) is 36.4 Å². The van der Waals surface area contributed by atoms with Crippen LogP contribution >= 0.6 is 0 Å². The number of nitrogens with one attached hydrogen (secondary N) is 1.